The number of imidazole rings is 4. The molecule has 0 saturated heterocycles. The van der Waals surface area contributed by atoms with Crippen LogP contribution in [0.2, 0.25) is 0 Å². The van der Waals surface area contributed by atoms with Crippen molar-refractivity contribution in [1.29, 1.82) is 0 Å². The van der Waals surface area contributed by atoms with Crippen LogP contribution in [0.3, 0.4) is 0 Å². The first-order valence-electron chi connectivity index (χ1n) is 8.24. The Morgan fingerprint density at radius 3 is 1.84 bits per heavy atom. The summed E-state index contributed by atoms with van der Waals surface area (Å²) < 4.78 is 8.52. The summed E-state index contributed by atoms with van der Waals surface area (Å²) in [6, 6.07) is 0.0980. The Morgan fingerprint density at radius 2 is 1.36 bits per heavy atom. The third kappa shape index (κ3) is 2.55. The molecule has 0 aliphatic heterocycles. The zero-order chi connectivity index (χ0) is 17.1. The number of hydrogen-bond acceptors (Lipinski definition) is 4. The molecule has 0 spiro atoms. The highest BCUT2D eigenvalue weighted by Gasteiger charge is 2.42. The number of aromatic nitrogens is 8. The molecule has 0 N–H and O–H groups in total. The van der Waals surface area contributed by atoms with Crippen LogP contribution in [0, 0.1) is 0 Å². The van der Waals surface area contributed by atoms with Crippen LogP contribution in [0.5, 0.6) is 0 Å². The molecule has 0 aliphatic carbocycles. The lowest BCUT2D eigenvalue weighted by Gasteiger charge is -2.43. The first-order valence-corrected chi connectivity index (χ1v) is 8.24. The van der Waals surface area contributed by atoms with E-state index in [0.29, 0.717) is 6.54 Å². The topological polar surface area (TPSA) is 71.3 Å². The van der Waals surface area contributed by atoms with E-state index in [1.54, 1.807) is 18.6 Å². The molecule has 0 aliphatic rings. The summed E-state index contributed by atoms with van der Waals surface area (Å²) in [4.78, 5) is 17.1. The van der Waals surface area contributed by atoms with Crippen LogP contribution >= 0.6 is 0 Å². The van der Waals surface area contributed by atoms with Crippen molar-refractivity contribution in [2.75, 3.05) is 0 Å². The van der Waals surface area contributed by atoms with Gasteiger partial charge in [0.25, 0.3) is 0 Å². The summed E-state index contributed by atoms with van der Waals surface area (Å²) in [6.07, 6.45) is 23.5. The van der Waals surface area contributed by atoms with Crippen LogP contribution in [0.1, 0.15) is 19.4 Å². The van der Waals surface area contributed by atoms with Crippen molar-refractivity contribution >= 4 is 0 Å². The fourth-order valence-electron chi connectivity index (χ4n) is 3.60. The summed E-state index contributed by atoms with van der Waals surface area (Å²) in [5.74, 6) is 0. The molecule has 8 nitrogen and oxygen atoms in total. The number of rotatable bonds is 7. The summed E-state index contributed by atoms with van der Waals surface area (Å²) >= 11 is 0. The first-order chi connectivity index (χ1) is 12.3. The number of hydrogen-bond donors (Lipinski definition) is 0. The molecule has 128 valence electrons. The smallest absolute Gasteiger partial charge is 0.161 e. The molecule has 1 unspecified atom stereocenters. The summed E-state index contributed by atoms with van der Waals surface area (Å²) in [6.45, 7) is 2.86. The highest BCUT2D eigenvalue weighted by atomic mass is 15.4. The predicted molar refractivity (Wildman–Crippen MR) is 91.6 cm³/mol. The van der Waals surface area contributed by atoms with E-state index in [1.807, 2.05) is 56.3 Å². The van der Waals surface area contributed by atoms with E-state index >= 15 is 0 Å². The molecule has 4 aromatic rings. The van der Waals surface area contributed by atoms with Gasteiger partial charge in [-0.05, 0) is 6.42 Å². The van der Waals surface area contributed by atoms with Crippen molar-refractivity contribution in [3.8, 4) is 0 Å². The second-order valence-corrected chi connectivity index (χ2v) is 5.99. The van der Waals surface area contributed by atoms with Gasteiger partial charge in [0.05, 0.1) is 37.9 Å². The lowest BCUT2D eigenvalue weighted by Crippen LogP contribution is -2.50. The van der Waals surface area contributed by atoms with E-state index in [2.05, 4.69) is 45.1 Å². The standard InChI is InChI=1S/C17H20N8/c1-2-16(23-8-4-19-13-23)17(24-9-5-20-14-24,25-10-6-21-15-25)11-22-7-3-18-12-22/h3-10,12-16H,2,11H2,1H3. The minimum Gasteiger partial charge on any atom is -0.333 e. The van der Waals surface area contributed by atoms with Gasteiger partial charge in [0, 0.05) is 49.6 Å². The van der Waals surface area contributed by atoms with E-state index in [1.165, 1.54) is 0 Å². The molecule has 8 heteroatoms. The maximum absolute atomic E-state index is 4.30. The minimum absolute atomic E-state index is 0.0980. The molecule has 0 aromatic carbocycles. The van der Waals surface area contributed by atoms with E-state index in [-0.39, 0.29) is 6.04 Å². The molecule has 0 saturated carbocycles. The normalized spacial score (nSPS) is 13.2. The summed E-state index contributed by atoms with van der Waals surface area (Å²) in [5.41, 5.74) is -0.483. The van der Waals surface area contributed by atoms with Gasteiger partial charge in [-0.1, -0.05) is 6.92 Å². The second-order valence-electron chi connectivity index (χ2n) is 5.99. The molecule has 25 heavy (non-hydrogen) atoms. The quantitative estimate of drug-likeness (QED) is 0.518. The lowest BCUT2D eigenvalue weighted by molar-refractivity contribution is 0.0981. The number of nitrogens with zero attached hydrogens (tertiary/aromatic N) is 8. The molecule has 0 radical (unpaired) electrons. The highest BCUT2D eigenvalue weighted by molar-refractivity contribution is 5.04. The average molecular weight is 336 g/mol. The molecular formula is C17H20N8. The van der Waals surface area contributed by atoms with Crippen LogP contribution in [0.25, 0.3) is 0 Å². The fraction of sp³-hybridized carbons (Fsp3) is 0.294. The average Bonchev–Trinajstić information content (AvgIpc) is 3.44. The Kier molecular flexibility index (Phi) is 3.93. The Balaban J connectivity index is 1.94. The SMILES string of the molecule is CCC(n1ccnc1)C(Cn1ccnc1)(n1ccnc1)n1ccnc1. The van der Waals surface area contributed by atoms with Crippen molar-refractivity contribution in [3.63, 3.8) is 0 Å². The van der Waals surface area contributed by atoms with Gasteiger partial charge < -0.3 is 18.3 Å². The van der Waals surface area contributed by atoms with E-state index in [0.717, 1.165) is 6.42 Å². The van der Waals surface area contributed by atoms with Crippen LogP contribution in [0.15, 0.2) is 74.9 Å². The zero-order valence-corrected chi connectivity index (χ0v) is 14.0. The second kappa shape index (κ2) is 6.39. The molecule has 0 fully saturated rings. The van der Waals surface area contributed by atoms with Crippen molar-refractivity contribution < 1.29 is 0 Å². The first kappa shape index (κ1) is 15.4. The Bertz CT molecular complexity index is 825. The Morgan fingerprint density at radius 1 is 0.760 bits per heavy atom. The van der Waals surface area contributed by atoms with E-state index < -0.39 is 5.66 Å². The maximum atomic E-state index is 4.30. The maximum Gasteiger partial charge on any atom is 0.161 e. The fourth-order valence-corrected chi connectivity index (χ4v) is 3.60. The van der Waals surface area contributed by atoms with Crippen LogP contribution < -0.4 is 0 Å². The molecule has 4 heterocycles. The van der Waals surface area contributed by atoms with Gasteiger partial charge in [-0.3, -0.25) is 0 Å². The van der Waals surface area contributed by atoms with Crippen LogP contribution in [-0.2, 0) is 12.2 Å². The van der Waals surface area contributed by atoms with E-state index in [4.69, 9.17) is 0 Å². The van der Waals surface area contributed by atoms with E-state index in [9.17, 15) is 0 Å². The van der Waals surface area contributed by atoms with Gasteiger partial charge in [0.2, 0.25) is 0 Å². The molecule has 1 atom stereocenters. The highest BCUT2D eigenvalue weighted by Crippen LogP contribution is 2.36. The Hall–Kier alpha value is -3.16. The van der Waals surface area contributed by atoms with Gasteiger partial charge in [0.1, 0.15) is 0 Å². The van der Waals surface area contributed by atoms with Crippen LogP contribution in [0.4, 0.5) is 0 Å². The lowest BCUT2D eigenvalue weighted by atomic mass is 9.95. The van der Waals surface area contributed by atoms with Gasteiger partial charge in [-0.2, -0.15) is 0 Å². The van der Waals surface area contributed by atoms with Gasteiger partial charge in [0.15, 0.2) is 5.66 Å². The molecule has 0 bridgehead atoms. The molecule has 4 rings (SSSR count). The summed E-state index contributed by atoms with van der Waals surface area (Å²) in [5, 5.41) is 0. The third-order valence-electron chi connectivity index (χ3n) is 4.68. The van der Waals surface area contributed by atoms with Gasteiger partial charge >= 0.3 is 0 Å². The molecule has 0 amide bonds. The molecular weight excluding hydrogens is 316 g/mol. The van der Waals surface area contributed by atoms with Crippen molar-refractivity contribution in [3.05, 3.63) is 74.9 Å². The summed E-state index contributed by atoms with van der Waals surface area (Å²) in [7, 11) is 0. The predicted octanol–water partition coefficient (Wildman–Crippen LogP) is 2.03. The zero-order valence-electron chi connectivity index (χ0n) is 14.0. The van der Waals surface area contributed by atoms with Crippen molar-refractivity contribution in [2.45, 2.75) is 31.6 Å². The van der Waals surface area contributed by atoms with Crippen LogP contribution in [-0.4, -0.2) is 38.2 Å². The van der Waals surface area contributed by atoms with Crippen molar-refractivity contribution in [1.82, 2.24) is 38.2 Å². The van der Waals surface area contributed by atoms with Gasteiger partial charge in [-0.25, -0.2) is 19.9 Å². The molecule has 4 aromatic heterocycles. The monoisotopic (exact) mass is 336 g/mol. The largest absolute Gasteiger partial charge is 0.333 e. The van der Waals surface area contributed by atoms with Crippen molar-refractivity contribution in [2.24, 2.45) is 0 Å². The third-order valence-corrected chi connectivity index (χ3v) is 4.68. The Labute approximate surface area is 145 Å². The van der Waals surface area contributed by atoms with Gasteiger partial charge in [-0.15, -0.1) is 0 Å². The minimum atomic E-state index is -0.483.